The normalized spacial score (nSPS) is 13.7. The first-order valence-corrected chi connectivity index (χ1v) is 6.06. The fourth-order valence-corrected chi connectivity index (χ4v) is 1.96. The van der Waals surface area contributed by atoms with Crippen molar-refractivity contribution in [2.24, 2.45) is 0 Å². The topological polar surface area (TPSA) is 41.1 Å². The smallest absolute Gasteiger partial charge is 0.403 e. The van der Waals surface area contributed by atoms with Crippen molar-refractivity contribution >= 4 is 18.6 Å². The van der Waals surface area contributed by atoms with Crippen LogP contribution in [0.1, 0.15) is 36.5 Å². The Morgan fingerprint density at radius 2 is 2.12 bits per heavy atom. The molecule has 0 bridgehead atoms. The van der Waals surface area contributed by atoms with Crippen LogP contribution in [-0.4, -0.2) is 12.9 Å². The lowest BCUT2D eigenvalue weighted by Gasteiger charge is -2.25. The Bertz CT molecular complexity index is 445. The summed E-state index contributed by atoms with van der Waals surface area (Å²) < 4.78 is 0. The zero-order chi connectivity index (χ0) is 12.3. The highest BCUT2D eigenvalue weighted by molar-refractivity contribution is 6.71. The Morgan fingerprint density at radius 1 is 1.35 bits per heavy atom. The lowest BCUT2D eigenvalue weighted by atomic mass is 9.64. The van der Waals surface area contributed by atoms with E-state index in [2.05, 4.69) is 24.0 Å². The molecular weight excluding hydrogens is 211 g/mol. The van der Waals surface area contributed by atoms with Gasteiger partial charge in [-0.2, -0.15) is 0 Å². The number of allylic oxidation sites excluding steroid dienone is 1. The van der Waals surface area contributed by atoms with E-state index in [1.807, 2.05) is 24.3 Å². The predicted molar refractivity (Wildman–Crippen MR) is 71.9 cm³/mol. The van der Waals surface area contributed by atoms with Crippen molar-refractivity contribution in [3.05, 3.63) is 41.9 Å². The van der Waals surface area contributed by atoms with Gasteiger partial charge in [0.05, 0.1) is 5.56 Å². The highest BCUT2D eigenvalue weighted by atomic mass is 16.1. The van der Waals surface area contributed by atoms with Gasteiger partial charge in [-0.1, -0.05) is 37.4 Å². The Balaban J connectivity index is 2.11. The number of unbranched alkanes of at least 4 members (excludes halogenated alkanes) is 1. The Morgan fingerprint density at radius 3 is 2.88 bits per heavy atom. The van der Waals surface area contributed by atoms with Crippen LogP contribution in [0.15, 0.2) is 36.3 Å². The number of hydrogen-bond donors (Lipinski definition) is 2. The summed E-state index contributed by atoms with van der Waals surface area (Å²) in [6.07, 6.45) is 3.18. The maximum absolute atomic E-state index is 11.9. The highest BCUT2D eigenvalue weighted by Crippen LogP contribution is 2.21. The fourth-order valence-electron chi connectivity index (χ4n) is 1.96. The number of para-hydroxylation sites is 1. The zero-order valence-electron chi connectivity index (χ0n) is 10.1. The van der Waals surface area contributed by atoms with E-state index in [0.717, 1.165) is 30.4 Å². The van der Waals surface area contributed by atoms with Gasteiger partial charge in [-0.25, -0.2) is 0 Å². The van der Waals surface area contributed by atoms with Crippen LogP contribution in [0.3, 0.4) is 0 Å². The van der Waals surface area contributed by atoms with Gasteiger partial charge in [0.1, 0.15) is 0 Å². The average molecular weight is 228 g/mol. The molecule has 4 heteroatoms. The third kappa shape index (κ3) is 2.52. The van der Waals surface area contributed by atoms with Crippen molar-refractivity contribution in [1.29, 1.82) is 0 Å². The van der Waals surface area contributed by atoms with Crippen LogP contribution in [0.4, 0.5) is 5.69 Å². The van der Waals surface area contributed by atoms with E-state index in [4.69, 9.17) is 0 Å². The number of benzene rings is 1. The lowest BCUT2D eigenvalue weighted by molar-refractivity contribution is 0.0978. The number of carbonyl (C=O) groups is 1. The summed E-state index contributed by atoms with van der Waals surface area (Å²) in [6.45, 7) is 6.06. The maximum atomic E-state index is 11.9. The SMILES string of the molecule is C=C(CCCC)B1NC(=O)c2ccccc2N1. The summed E-state index contributed by atoms with van der Waals surface area (Å²) >= 11 is 0. The minimum Gasteiger partial charge on any atom is -0.405 e. The standard InChI is InChI=1S/C13H17BN2O/c1-3-4-7-10(2)14-15-12-9-6-5-8-11(12)13(17)16-14/h5-6,8-9,15H,2-4,7H2,1H3,(H,16,17). The van der Waals surface area contributed by atoms with Crippen LogP contribution in [0.25, 0.3) is 0 Å². The van der Waals surface area contributed by atoms with Gasteiger partial charge >= 0.3 is 6.98 Å². The van der Waals surface area contributed by atoms with Gasteiger partial charge in [0.2, 0.25) is 5.91 Å². The molecule has 0 radical (unpaired) electrons. The van der Waals surface area contributed by atoms with Crippen molar-refractivity contribution in [1.82, 2.24) is 5.23 Å². The van der Waals surface area contributed by atoms with Crippen molar-refractivity contribution < 1.29 is 4.79 Å². The molecule has 0 fully saturated rings. The summed E-state index contributed by atoms with van der Waals surface area (Å²) in [4.78, 5) is 11.9. The molecule has 0 saturated heterocycles. The average Bonchev–Trinajstić information content (AvgIpc) is 2.36. The molecule has 2 N–H and O–H groups in total. The third-order valence-corrected chi connectivity index (χ3v) is 3.01. The Kier molecular flexibility index (Phi) is 3.52. The highest BCUT2D eigenvalue weighted by Gasteiger charge is 2.28. The Hall–Kier alpha value is -1.71. The fraction of sp³-hybridized carbons (Fsp3) is 0.308. The quantitative estimate of drug-likeness (QED) is 0.777. The summed E-state index contributed by atoms with van der Waals surface area (Å²) in [5.74, 6) is -0.0259. The summed E-state index contributed by atoms with van der Waals surface area (Å²) in [5, 5.41) is 6.24. The minimum atomic E-state index is -0.135. The molecule has 1 aliphatic heterocycles. The van der Waals surface area contributed by atoms with Gasteiger partial charge in [0, 0.05) is 5.69 Å². The second-order valence-corrected chi connectivity index (χ2v) is 4.36. The summed E-state index contributed by atoms with van der Waals surface area (Å²) in [7, 11) is 0. The molecule has 1 aromatic carbocycles. The first-order valence-electron chi connectivity index (χ1n) is 6.06. The summed E-state index contributed by atoms with van der Waals surface area (Å²) in [5.41, 5.74) is 2.63. The number of carbonyl (C=O) groups excluding carboxylic acids is 1. The summed E-state index contributed by atoms with van der Waals surface area (Å²) in [6, 6.07) is 7.54. The molecule has 1 amide bonds. The second-order valence-electron chi connectivity index (χ2n) is 4.36. The molecule has 0 unspecified atom stereocenters. The molecule has 17 heavy (non-hydrogen) atoms. The Labute approximate surface area is 102 Å². The van der Waals surface area contributed by atoms with E-state index in [0.29, 0.717) is 5.56 Å². The van der Waals surface area contributed by atoms with Crippen LogP contribution in [0.5, 0.6) is 0 Å². The number of hydrogen-bond acceptors (Lipinski definition) is 2. The van der Waals surface area contributed by atoms with E-state index in [9.17, 15) is 4.79 Å². The zero-order valence-corrected chi connectivity index (χ0v) is 10.1. The van der Waals surface area contributed by atoms with Crippen LogP contribution >= 0.6 is 0 Å². The van der Waals surface area contributed by atoms with Gasteiger partial charge < -0.3 is 10.5 Å². The number of fused-ring (bicyclic) bond motifs is 1. The molecular formula is C13H17BN2O. The largest absolute Gasteiger partial charge is 0.405 e. The van der Waals surface area contributed by atoms with Crippen LogP contribution < -0.4 is 10.5 Å². The first-order chi connectivity index (χ1) is 8.22. The van der Waals surface area contributed by atoms with E-state index in [1.54, 1.807) is 0 Å². The molecule has 0 aliphatic carbocycles. The molecule has 1 aromatic rings. The van der Waals surface area contributed by atoms with Crippen molar-refractivity contribution in [3.8, 4) is 0 Å². The maximum Gasteiger partial charge on any atom is 0.403 e. The number of nitrogens with one attached hydrogen (secondary N) is 2. The van der Waals surface area contributed by atoms with Gasteiger partial charge in [0.15, 0.2) is 0 Å². The van der Waals surface area contributed by atoms with Crippen molar-refractivity contribution in [2.45, 2.75) is 26.2 Å². The van der Waals surface area contributed by atoms with E-state index in [-0.39, 0.29) is 12.9 Å². The lowest BCUT2D eigenvalue weighted by Crippen LogP contribution is -2.50. The molecule has 0 aromatic heterocycles. The molecule has 1 aliphatic rings. The molecule has 2 rings (SSSR count). The van der Waals surface area contributed by atoms with Crippen molar-refractivity contribution in [3.63, 3.8) is 0 Å². The third-order valence-electron chi connectivity index (χ3n) is 3.01. The van der Waals surface area contributed by atoms with E-state index >= 15 is 0 Å². The van der Waals surface area contributed by atoms with E-state index < -0.39 is 0 Å². The second kappa shape index (κ2) is 5.08. The number of rotatable bonds is 4. The monoisotopic (exact) mass is 228 g/mol. The molecule has 88 valence electrons. The van der Waals surface area contributed by atoms with E-state index in [1.165, 1.54) is 0 Å². The number of anilines is 1. The molecule has 3 nitrogen and oxygen atoms in total. The molecule has 0 atom stereocenters. The van der Waals surface area contributed by atoms with Gasteiger partial charge in [-0.05, 0) is 18.6 Å². The van der Waals surface area contributed by atoms with Crippen LogP contribution in [0, 0.1) is 0 Å². The molecule has 0 spiro atoms. The van der Waals surface area contributed by atoms with Crippen molar-refractivity contribution in [2.75, 3.05) is 5.23 Å². The van der Waals surface area contributed by atoms with Gasteiger partial charge in [0.25, 0.3) is 0 Å². The first kappa shape index (κ1) is 11.8. The predicted octanol–water partition coefficient (Wildman–Crippen LogP) is 2.62. The minimum absolute atomic E-state index is 0.0259. The number of amides is 1. The molecule has 0 saturated carbocycles. The van der Waals surface area contributed by atoms with Crippen LogP contribution in [-0.2, 0) is 0 Å². The van der Waals surface area contributed by atoms with Gasteiger partial charge in [-0.3, -0.25) is 4.79 Å². The molecule has 1 heterocycles. The van der Waals surface area contributed by atoms with Crippen LogP contribution in [0.2, 0.25) is 0 Å². The van der Waals surface area contributed by atoms with Gasteiger partial charge in [-0.15, -0.1) is 6.58 Å².